The molecule has 3 heterocycles. The molecule has 4 aliphatic rings. The molecule has 1 aliphatic carbocycles. The Balaban J connectivity index is 0.927. The number of carbonyl (C=O) groups excluding carboxylic acids is 1. The van der Waals surface area contributed by atoms with Gasteiger partial charge in [-0.15, -0.1) is 0 Å². The molecule has 3 saturated heterocycles. The summed E-state index contributed by atoms with van der Waals surface area (Å²) in [6, 6.07) is 23.3. The number of aliphatic hydroxyl groups is 2. The van der Waals surface area contributed by atoms with E-state index in [2.05, 4.69) is 41.8 Å². The number of benzene rings is 3. The van der Waals surface area contributed by atoms with Crippen LogP contribution in [0.5, 0.6) is 11.5 Å². The van der Waals surface area contributed by atoms with Gasteiger partial charge in [0.15, 0.2) is 0 Å². The number of hydrogen-bond donors (Lipinski definition) is 5. The highest BCUT2D eigenvalue weighted by atomic mass is 16.5. The molecule has 1 saturated carbocycles. The van der Waals surface area contributed by atoms with Crippen molar-refractivity contribution in [1.82, 2.24) is 5.32 Å². The minimum atomic E-state index is -0.911. The van der Waals surface area contributed by atoms with Gasteiger partial charge in [0, 0.05) is 37.8 Å². The third-order valence-corrected chi connectivity index (χ3v) is 11.7. The van der Waals surface area contributed by atoms with E-state index < -0.39 is 11.7 Å². The van der Waals surface area contributed by atoms with Crippen molar-refractivity contribution in [2.24, 2.45) is 11.8 Å². The predicted molar refractivity (Wildman–Crippen MR) is 195 cm³/mol. The second-order valence-electron chi connectivity index (χ2n) is 15.1. The lowest BCUT2D eigenvalue weighted by atomic mass is 9.80. The first kappa shape index (κ1) is 36.3. The summed E-state index contributed by atoms with van der Waals surface area (Å²) < 4.78 is 14.0. The van der Waals surface area contributed by atoms with Crippen LogP contribution < -0.4 is 15.4 Å². The fraction of sp³-hybridized carbons (Fsp3) is 0.537. The molecule has 9 nitrogen and oxygen atoms in total. The molecule has 1 amide bonds. The first-order valence-electron chi connectivity index (χ1n) is 18.7. The fourth-order valence-corrected chi connectivity index (χ4v) is 8.63. The number of ether oxygens (including phenoxy) is 2. The first-order chi connectivity index (χ1) is 24.3. The topological polar surface area (TPSA) is 120 Å². The number of aliphatic hydroxyl groups excluding tert-OH is 1. The van der Waals surface area contributed by atoms with E-state index in [9.17, 15) is 20.1 Å². The van der Waals surface area contributed by atoms with E-state index in [0.29, 0.717) is 37.6 Å². The van der Waals surface area contributed by atoms with Crippen LogP contribution in [-0.2, 0) is 21.6 Å². The number of phenolic OH excluding ortho intramolecular Hbond substituents is 1. The molecule has 50 heavy (non-hydrogen) atoms. The average Bonchev–Trinajstić information content (AvgIpc) is 3.70. The van der Waals surface area contributed by atoms with Crippen LogP contribution in [0.4, 0.5) is 5.69 Å². The number of phenols is 1. The van der Waals surface area contributed by atoms with Gasteiger partial charge in [0.1, 0.15) is 29.7 Å². The van der Waals surface area contributed by atoms with Crippen molar-refractivity contribution in [3.05, 3.63) is 89.5 Å². The number of quaternary nitrogens is 1. The molecule has 0 aromatic heterocycles. The van der Waals surface area contributed by atoms with Crippen LogP contribution in [0.1, 0.15) is 74.7 Å². The van der Waals surface area contributed by atoms with E-state index in [4.69, 9.17) is 9.47 Å². The van der Waals surface area contributed by atoms with E-state index in [-0.39, 0.29) is 29.5 Å². The number of aromatic hydroxyl groups is 1. The number of carbonyl (C=O) groups is 1. The Hall–Kier alpha value is -3.47. The molecule has 2 unspecified atom stereocenters. The number of nitrogens with zero attached hydrogens (tertiary/aromatic N) is 1. The lowest BCUT2D eigenvalue weighted by Gasteiger charge is -2.53. The minimum Gasteiger partial charge on any atom is -0.506 e. The standard InChI is InChI=1S/C41H55N3O6/c1-30(42-26-39(47)33-14-17-38(46)37(25-33)43-29-45)24-31-12-15-36(16-13-31)49-23-7-20-44-21-18-32(19-22-44)40(27-44)50-28-41(48,35-10-5-6-11-35)34-8-3-2-4-9-34/h2-4,8-9,12-17,25,29-30,32,35,39-40,42,47-48H,5-7,10-11,18-24,26-28H2,1H3,(H-,43,45,46)/p+1/t30?,32?,39-,40-,41?,44?/m0/s1. The summed E-state index contributed by atoms with van der Waals surface area (Å²) in [7, 11) is 0. The third-order valence-electron chi connectivity index (χ3n) is 11.7. The smallest absolute Gasteiger partial charge is 0.211 e. The highest BCUT2D eigenvalue weighted by Gasteiger charge is 2.48. The van der Waals surface area contributed by atoms with Crippen molar-refractivity contribution in [3.63, 3.8) is 0 Å². The van der Waals surface area contributed by atoms with Crippen LogP contribution in [0.25, 0.3) is 0 Å². The quantitative estimate of drug-likeness (QED) is 0.0505. The molecular formula is C41H56N3O6+. The number of fused-ring (bicyclic) bond motifs is 3. The molecule has 5 N–H and O–H groups in total. The largest absolute Gasteiger partial charge is 0.506 e. The Bertz CT molecular complexity index is 1510. The van der Waals surface area contributed by atoms with Crippen molar-refractivity contribution >= 4 is 12.1 Å². The lowest BCUT2D eigenvalue weighted by molar-refractivity contribution is -0.946. The Morgan fingerprint density at radius 2 is 1.74 bits per heavy atom. The fourth-order valence-electron chi connectivity index (χ4n) is 8.63. The summed E-state index contributed by atoms with van der Waals surface area (Å²) in [4.78, 5) is 10.8. The number of rotatable bonds is 18. The van der Waals surface area contributed by atoms with Gasteiger partial charge < -0.3 is 39.9 Å². The SMILES string of the molecule is CC(Cc1ccc(OCCC[N+]23CCC(CC2)[C@@H](OCC(O)(c2ccccc2)C2CCCC2)C3)cc1)NC[C@H](O)c1ccc(O)c(NC=O)c1. The van der Waals surface area contributed by atoms with Crippen molar-refractivity contribution in [3.8, 4) is 11.5 Å². The van der Waals surface area contributed by atoms with Crippen LogP contribution in [0, 0.1) is 11.8 Å². The summed E-state index contributed by atoms with van der Waals surface area (Å²) in [5.74, 6) is 1.69. The van der Waals surface area contributed by atoms with Gasteiger partial charge in [-0.2, -0.15) is 0 Å². The maximum absolute atomic E-state index is 12.0. The molecule has 2 bridgehead atoms. The number of nitrogens with one attached hydrogen (secondary N) is 2. The van der Waals surface area contributed by atoms with Gasteiger partial charge in [-0.25, -0.2) is 0 Å². The van der Waals surface area contributed by atoms with Gasteiger partial charge in [-0.05, 0) is 73.1 Å². The maximum atomic E-state index is 12.0. The Labute approximate surface area is 297 Å². The van der Waals surface area contributed by atoms with Crippen LogP contribution in [0.3, 0.4) is 0 Å². The van der Waals surface area contributed by atoms with Crippen LogP contribution in [0.2, 0.25) is 0 Å². The molecule has 3 aromatic rings. The monoisotopic (exact) mass is 686 g/mol. The zero-order chi connectivity index (χ0) is 35.0. The van der Waals surface area contributed by atoms with Gasteiger partial charge in [0.05, 0.1) is 44.6 Å². The highest BCUT2D eigenvalue weighted by Crippen LogP contribution is 2.42. The predicted octanol–water partition coefficient (Wildman–Crippen LogP) is 5.69. The zero-order valence-corrected chi connectivity index (χ0v) is 29.5. The molecule has 4 atom stereocenters. The van der Waals surface area contributed by atoms with Gasteiger partial charge in [-0.1, -0.05) is 61.4 Å². The number of anilines is 1. The molecule has 0 spiro atoms. The Morgan fingerprint density at radius 3 is 2.46 bits per heavy atom. The van der Waals surface area contributed by atoms with E-state index in [0.717, 1.165) is 54.6 Å². The van der Waals surface area contributed by atoms with Crippen LogP contribution in [-0.4, -0.2) is 84.3 Å². The minimum absolute atomic E-state index is 0.0418. The summed E-state index contributed by atoms with van der Waals surface area (Å²) in [5.41, 5.74) is 2.16. The summed E-state index contributed by atoms with van der Waals surface area (Å²) >= 11 is 0. The normalized spacial score (nSPS) is 24.4. The third kappa shape index (κ3) is 8.87. The molecule has 3 aliphatic heterocycles. The number of piperidine rings is 3. The molecule has 9 heteroatoms. The lowest BCUT2D eigenvalue weighted by Crippen LogP contribution is -2.65. The molecule has 0 radical (unpaired) electrons. The highest BCUT2D eigenvalue weighted by molar-refractivity contribution is 5.75. The molecule has 270 valence electrons. The van der Waals surface area contributed by atoms with Gasteiger partial charge in [-0.3, -0.25) is 4.79 Å². The second kappa shape index (κ2) is 16.7. The van der Waals surface area contributed by atoms with Gasteiger partial charge in [0.25, 0.3) is 0 Å². The van der Waals surface area contributed by atoms with Crippen molar-refractivity contribution in [2.75, 3.05) is 51.3 Å². The van der Waals surface area contributed by atoms with Gasteiger partial charge in [0.2, 0.25) is 6.41 Å². The number of amides is 1. The van der Waals surface area contributed by atoms with Gasteiger partial charge >= 0.3 is 0 Å². The van der Waals surface area contributed by atoms with Crippen LogP contribution >= 0.6 is 0 Å². The maximum Gasteiger partial charge on any atom is 0.211 e. The van der Waals surface area contributed by atoms with E-state index in [1.165, 1.54) is 50.4 Å². The van der Waals surface area contributed by atoms with E-state index in [1.807, 2.05) is 30.3 Å². The molecule has 7 rings (SSSR count). The summed E-state index contributed by atoms with van der Waals surface area (Å²) in [6.07, 6.45) is 8.63. The molecule has 4 fully saturated rings. The summed E-state index contributed by atoms with van der Waals surface area (Å²) in [5, 5.41) is 38.3. The molecular weight excluding hydrogens is 630 g/mol. The van der Waals surface area contributed by atoms with Crippen molar-refractivity contribution in [2.45, 2.75) is 82.1 Å². The van der Waals surface area contributed by atoms with Crippen molar-refractivity contribution in [1.29, 1.82) is 0 Å². The Kier molecular flexibility index (Phi) is 12.1. The average molecular weight is 687 g/mol. The first-order valence-corrected chi connectivity index (χ1v) is 18.7. The summed E-state index contributed by atoms with van der Waals surface area (Å²) in [6.45, 7) is 8.04. The zero-order valence-electron chi connectivity index (χ0n) is 29.5. The van der Waals surface area contributed by atoms with E-state index >= 15 is 0 Å². The van der Waals surface area contributed by atoms with E-state index in [1.54, 1.807) is 12.1 Å². The van der Waals surface area contributed by atoms with Crippen LogP contribution in [0.15, 0.2) is 72.8 Å². The second-order valence-corrected chi connectivity index (χ2v) is 15.1. The number of hydrogen-bond acceptors (Lipinski definition) is 7. The molecule has 3 aromatic carbocycles. The van der Waals surface area contributed by atoms with Crippen molar-refractivity contribution < 1.29 is 34.1 Å². The Morgan fingerprint density at radius 1 is 1.00 bits per heavy atom.